The highest BCUT2D eigenvalue weighted by atomic mass is 32.2. The van der Waals surface area contributed by atoms with Gasteiger partial charge in [0.15, 0.2) is 0 Å². The lowest BCUT2D eigenvalue weighted by Crippen LogP contribution is -2.51. The molecule has 0 aliphatic heterocycles. The van der Waals surface area contributed by atoms with E-state index in [4.69, 9.17) is 8.92 Å². The van der Waals surface area contributed by atoms with Crippen molar-refractivity contribution in [1.29, 1.82) is 0 Å². The number of hydrogen-bond acceptors (Lipinski definition) is 5. The van der Waals surface area contributed by atoms with Gasteiger partial charge in [0, 0.05) is 13.3 Å². The Balaban J connectivity index is 1.35. The molecule has 3 fully saturated rings. The maximum atomic E-state index is 13.1. The molecule has 4 aliphatic carbocycles. The van der Waals surface area contributed by atoms with Crippen LogP contribution in [0.15, 0.2) is 40.8 Å². The summed E-state index contributed by atoms with van der Waals surface area (Å²) < 4.78 is 37.7. The highest BCUT2D eigenvalue weighted by Crippen LogP contribution is 2.65. The average Bonchev–Trinajstić information content (AvgIpc) is 3.09. The zero-order valence-corrected chi connectivity index (χ0v) is 21.7. The van der Waals surface area contributed by atoms with Crippen LogP contribution in [0, 0.1) is 35.5 Å². The molecule has 6 heteroatoms. The van der Waals surface area contributed by atoms with Gasteiger partial charge in [-0.15, -0.1) is 0 Å². The van der Waals surface area contributed by atoms with Crippen LogP contribution in [0.1, 0.15) is 77.7 Å². The molecule has 0 heterocycles. The van der Waals surface area contributed by atoms with E-state index in [1.165, 1.54) is 12.5 Å². The topological polar surface area (TPSA) is 69.7 Å². The van der Waals surface area contributed by atoms with E-state index in [1.54, 1.807) is 12.1 Å². The number of hydrogen-bond donors (Lipinski definition) is 0. The SMILES string of the molecule is CC(=O)O[C@@H]1CC[C@@]2(C)C(=CC[C@H]3[C@H]4CC[C@H](OS(=O)(=O)c5ccc(C)cc5)[C@@]4(C)CC[C@H]32)C1. The van der Waals surface area contributed by atoms with Crippen molar-refractivity contribution in [3.8, 4) is 0 Å². The summed E-state index contributed by atoms with van der Waals surface area (Å²) in [5.74, 6) is 1.46. The predicted molar refractivity (Wildman–Crippen MR) is 130 cm³/mol. The molecule has 5 nitrogen and oxygen atoms in total. The number of carbonyl (C=O) groups is 1. The van der Waals surface area contributed by atoms with Crippen molar-refractivity contribution in [3.63, 3.8) is 0 Å². The molecule has 0 bridgehead atoms. The Kier molecular flexibility index (Phi) is 6.00. The van der Waals surface area contributed by atoms with Crippen molar-refractivity contribution < 1.29 is 22.1 Å². The summed E-state index contributed by atoms with van der Waals surface area (Å²) in [5, 5.41) is 0. The van der Waals surface area contributed by atoms with E-state index in [-0.39, 0.29) is 33.9 Å². The standard InChI is InChI=1S/C28H38O5S/c1-18-5-8-22(9-6-18)34(30,31)33-26-12-11-24-23-10-7-20-17-21(32-19(2)29)13-15-27(20,3)25(23)14-16-28(24,26)4/h5-9,21,23-26H,10-17H2,1-4H3/t21-,23+,24-,25-,26+,27+,28+/m1/s1. The summed E-state index contributed by atoms with van der Waals surface area (Å²) in [7, 11) is -3.78. The third-order valence-corrected chi connectivity index (χ3v) is 11.2. The van der Waals surface area contributed by atoms with E-state index < -0.39 is 10.1 Å². The summed E-state index contributed by atoms with van der Waals surface area (Å²) in [4.78, 5) is 11.7. The van der Waals surface area contributed by atoms with Crippen molar-refractivity contribution in [1.82, 2.24) is 0 Å². The number of fused-ring (bicyclic) bond motifs is 5. The third-order valence-electron chi connectivity index (χ3n) is 9.86. The minimum absolute atomic E-state index is 0.0125. The van der Waals surface area contributed by atoms with Gasteiger partial charge in [-0.3, -0.25) is 8.98 Å². The Labute approximate surface area is 204 Å². The van der Waals surface area contributed by atoms with Gasteiger partial charge in [0.1, 0.15) is 6.10 Å². The summed E-state index contributed by atoms with van der Waals surface area (Å²) in [6, 6.07) is 6.94. The van der Waals surface area contributed by atoms with Gasteiger partial charge in [-0.1, -0.05) is 43.2 Å². The molecule has 0 saturated heterocycles. The van der Waals surface area contributed by atoms with E-state index in [1.807, 2.05) is 19.1 Å². The number of allylic oxidation sites excluding steroid dienone is 1. The molecule has 0 N–H and O–H groups in total. The van der Waals surface area contributed by atoms with E-state index in [2.05, 4.69) is 19.9 Å². The van der Waals surface area contributed by atoms with Crippen molar-refractivity contribution in [2.24, 2.45) is 28.6 Å². The first-order valence-corrected chi connectivity index (χ1v) is 14.3. The zero-order valence-electron chi connectivity index (χ0n) is 20.9. The van der Waals surface area contributed by atoms with E-state index in [9.17, 15) is 13.2 Å². The number of esters is 1. The molecule has 0 spiro atoms. The summed E-state index contributed by atoms with van der Waals surface area (Å²) >= 11 is 0. The molecule has 4 aliphatic rings. The normalized spacial score (nSPS) is 39.4. The molecular formula is C28H38O5S. The van der Waals surface area contributed by atoms with Crippen LogP contribution in [-0.2, 0) is 23.8 Å². The lowest BCUT2D eigenvalue weighted by Gasteiger charge is -2.57. The molecule has 7 atom stereocenters. The fourth-order valence-corrected chi connectivity index (χ4v) is 9.19. The lowest BCUT2D eigenvalue weighted by atomic mass is 9.48. The van der Waals surface area contributed by atoms with Gasteiger partial charge >= 0.3 is 5.97 Å². The fourth-order valence-electron chi connectivity index (χ4n) is 7.99. The van der Waals surface area contributed by atoms with Crippen LogP contribution < -0.4 is 0 Å². The molecule has 34 heavy (non-hydrogen) atoms. The number of ether oxygens (including phenoxy) is 1. The molecular weight excluding hydrogens is 448 g/mol. The molecule has 186 valence electrons. The first-order chi connectivity index (χ1) is 16.0. The van der Waals surface area contributed by atoms with Crippen molar-refractivity contribution in [3.05, 3.63) is 41.5 Å². The number of benzene rings is 1. The smallest absolute Gasteiger partial charge is 0.302 e. The van der Waals surface area contributed by atoms with Gasteiger partial charge in [0.25, 0.3) is 10.1 Å². The predicted octanol–water partition coefficient (Wildman–Crippen LogP) is 5.96. The van der Waals surface area contributed by atoms with Gasteiger partial charge in [-0.2, -0.15) is 8.42 Å². The summed E-state index contributed by atoms with van der Waals surface area (Å²) in [6.45, 7) is 8.15. The number of aryl methyl sites for hydroxylation is 1. The van der Waals surface area contributed by atoms with Crippen LogP contribution in [0.4, 0.5) is 0 Å². The monoisotopic (exact) mass is 486 g/mol. The Hall–Kier alpha value is -1.66. The fraction of sp³-hybridized carbons (Fsp3) is 0.679. The van der Waals surface area contributed by atoms with Gasteiger partial charge in [0.2, 0.25) is 0 Å². The maximum Gasteiger partial charge on any atom is 0.302 e. The second-order valence-corrected chi connectivity index (χ2v) is 13.3. The van der Waals surface area contributed by atoms with Crippen LogP contribution in [0.5, 0.6) is 0 Å². The highest BCUT2D eigenvalue weighted by molar-refractivity contribution is 7.86. The highest BCUT2D eigenvalue weighted by Gasteiger charge is 2.59. The Morgan fingerprint density at radius 3 is 2.44 bits per heavy atom. The Morgan fingerprint density at radius 2 is 1.74 bits per heavy atom. The molecule has 1 aromatic carbocycles. The van der Waals surface area contributed by atoms with Crippen molar-refractivity contribution in [2.45, 2.75) is 96.2 Å². The van der Waals surface area contributed by atoms with Crippen LogP contribution in [0.25, 0.3) is 0 Å². The van der Waals surface area contributed by atoms with Gasteiger partial charge in [-0.05, 0) is 92.6 Å². The van der Waals surface area contributed by atoms with Crippen molar-refractivity contribution in [2.75, 3.05) is 0 Å². The molecule has 0 amide bonds. The van der Waals surface area contributed by atoms with Gasteiger partial charge in [-0.25, -0.2) is 0 Å². The van der Waals surface area contributed by atoms with E-state index >= 15 is 0 Å². The second-order valence-electron chi connectivity index (χ2n) is 11.7. The zero-order chi connectivity index (χ0) is 24.3. The van der Waals surface area contributed by atoms with Crippen LogP contribution >= 0.6 is 0 Å². The van der Waals surface area contributed by atoms with Gasteiger partial charge in [0.05, 0.1) is 11.0 Å². The Bertz CT molecular complexity index is 1090. The second kappa shape index (κ2) is 8.48. The molecule has 5 rings (SSSR count). The van der Waals surface area contributed by atoms with Crippen molar-refractivity contribution >= 4 is 16.1 Å². The minimum atomic E-state index is -3.78. The van der Waals surface area contributed by atoms with Crippen LogP contribution in [0.3, 0.4) is 0 Å². The summed E-state index contributed by atoms with van der Waals surface area (Å²) in [5.41, 5.74) is 2.55. The largest absolute Gasteiger partial charge is 0.462 e. The number of carbonyl (C=O) groups excluding carboxylic acids is 1. The average molecular weight is 487 g/mol. The summed E-state index contributed by atoms with van der Waals surface area (Å²) in [6.07, 6.45) is 10.0. The first-order valence-electron chi connectivity index (χ1n) is 12.9. The quantitative estimate of drug-likeness (QED) is 0.298. The third kappa shape index (κ3) is 3.95. The molecule has 0 radical (unpaired) electrons. The minimum Gasteiger partial charge on any atom is -0.462 e. The van der Waals surface area contributed by atoms with E-state index in [0.717, 1.165) is 56.9 Å². The molecule has 0 unspecified atom stereocenters. The lowest BCUT2D eigenvalue weighted by molar-refractivity contribution is -0.148. The molecule has 0 aromatic heterocycles. The van der Waals surface area contributed by atoms with Crippen LogP contribution in [-0.4, -0.2) is 26.6 Å². The maximum absolute atomic E-state index is 13.1. The molecule has 1 aromatic rings. The molecule has 3 saturated carbocycles. The Morgan fingerprint density at radius 1 is 1.00 bits per heavy atom. The van der Waals surface area contributed by atoms with E-state index in [0.29, 0.717) is 17.8 Å². The van der Waals surface area contributed by atoms with Gasteiger partial charge < -0.3 is 4.74 Å². The van der Waals surface area contributed by atoms with Crippen LogP contribution in [0.2, 0.25) is 0 Å². The first kappa shape index (κ1) is 24.1. The number of rotatable bonds is 4.